The molecule has 1 saturated carbocycles. The minimum atomic E-state index is -0.910. The summed E-state index contributed by atoms with van der Waals surface area (Å²) in [5.41, 5.74) is 0.880. The second kappa shape index (κ2) is 17.5. The summed E-state index contributed by atoms with van der Waals surface area (Å²) in [6.45, 7) is 5.63. The van der Waals surface area contributed by atoms with Crippen LogP contribution in [0.5, 0.6) is 11.5 Å². The maximum absolute atomic E-state index is 14.9. The normalized spacial score (nSPS) is 17.5. The molecule has 4 heteroatoms. The van der Waals surface area contributed by atoms with Crippen molar-refractivity contribution in [1.29, 1.82) is 0 Å². The van der Waals surface area contributed by atoms with E-state index in [-0.39, 0.29) is 11.3 Å². The molecule has 0 aliphatic heterocycles. The van der Waals surface area contributed by atoms with Gasteiger partial charge in [0.25, 0.3) is 0 Å². The van der Waals surface area contributed by atoms with Gasteiger partial charge in [-0.3, -0.25) is 0 Å². The van der Waals surface area contributed by atoms with Crippen LogP contribution in [0.4, 0.5) is 8.78 Å². The molecular formula is C34H50F2O2. The molecule has 0 aromatic heterocycles. The van der Waals surface area contributed by atoms with E-state index in [1.54, 1.807) is 24.3 Å². The van der Waals surface area contributed by atoms with Gasteiger partial charge in [-0.2, -0.15) is 4.39 Å². The lowest BCUT2D eigenvalue weighted by molar-refractivity contribution is 0.177. The quantitative estimate of drug-likeness (QED) is 0.179. The number of rotatable bonds is 18. The van der Waals surface area contributed by atoms with Gasteiger partial charge in [-0.1, -0.05) is 109 Å². The molecule has 2 nitrogen and oxygen atoms in total. The zero-order chi connectivity index (χ0) is 27.0. The van der Waals surface area contributed by atoms with Crippen molar-refractivity contribution in [2.24, 2.45) is 11.8 Å². The van der Waals surface area contributed by atoms with Crippen molar-refractivity contribution in [1.82, 2.24) is 0 Å². The van der Waals surface area contributed by atoms with Crippen LogP contribution in [-0.4, -0.2) is 13.2 Å². The third-order valence-corrected chi connectivity index (χ3v) is 8.14. The van der Waals surface area contributed by atoms with Crippen molar-refractivity contribution in [3.05, 3.63) is 48.0 Å². The molecule has 1 fully saturated rings. The number of benzene rings is 2. The van der Waals surface area contributed by atoms with Crippen molar-refractivity contribution in [3.63, 3.8) is 0 Å². The lowest BCUT2D eigenvalue weighted by atomic mass is 9.80. The maximum Gasteiger partial charge on any atom is 0.201 e. The fraction of sp³-hybridized carbons (Fsp3) is 0.647. The van der Waals surface area contributed by atoms with Gasteiger partial charge < -0.3 is 9.47 Å². The van der Waals surface area contributed by atoms with Crippen LogP contribution in [0.1, 0.15) is 117 Å². The van der Waals surface area contributed by atoms with Gasteiger partial charge in [-0.05, 0) is 60.9 Å². The van der Waals surface area contributed by atoms with Crippen molar-refractivity contribution in [2.45, 2.75) is 117 Å². The standard InChI is InChI=1S/C34H50F2O2/c1-3-5-7-8-9-10-11-13-25-37-32-24-23-31(33(35)34(32)36)29-19-21-30(22-20-29)38-26-28-17-15-27(16-18-28)14-12-6-4-2/h19-24,27-28H,3-18,25-26H2,1-2H3. The molecule has 2 aromatic rings. The third kappa shape index (κ3) is 10.2. The fourth-order valence-corrected chi connectivity index (χ4v) is 5.60. The average Bonchev–Trinajstić information content (AvgIpc) is 2.94. The minimum absolute atomic E-state index is 0.00534. The first-order valence-electron chi connectivity index (χ1n) is 15.5. The molecular weight excluding hydrogens is 478 g/mol. The van der Waals surface area contributed by atoms with Crippen LogP contribution < -0.4 is 9.47 Å². The first-order valence-corrected chi connectivity index (χ1v) is 15.5. The number of hydrogen-bond acceptors (Lipinski definition) is 2. The predicted octanol–water partition coefficient (Wildman–Crippen LogP) is 10.9. The topological polar surface area (TPSA) is 18.5 Å². The molecule has 38 heavy (non-hydrogen) atoms. The van der Waals surface area contributed by atoms with Crippen LogP contribution >= 0.6 is 0 Å². The monoisotopic (exact) mass is 528 g/mol. The Morgan fingerprint density at radius 1 is 0.632 bits per heavy atom. The van der Waals surface area contributed by atoms with Crippen LogP contribution in [0.15, 0.2) is 36.4 Å². The lowest BCUT2D eigenvalue weighted by Crippen LogP contribution is -2.20. The number of unbranched alkanes of at least 4 members (excludes halogenated alkanes) is 9. The molecule has 0 bridgehead atoms. The van der Waals surface area contributed by atoms with E-state index in [1.165, 1.54) is 89.9 Å². The van der Waals surface area contributed by atoms with Gasteiger partial charge in [0, 0.05) is 5.56 Å². The maximum atomic E-state index is 14.9. The molecule has 0 atom stereocenters. The molecule has 2 aromatic carbocycles. The Hall–Kier alpha value is -2.10. The van der Waals surface area contributed by atoms with Crippen molar-refractivity contribution >= 4 is 0 Å². The van der Waals surface area contributed by atoms with Gasteiger partial charge in [0.1, 0.15) is 5.75 Å². The first-order chi connectivity index (χ1) is 18.6. The summed E-state index contributed by atoms with van der Waals surface area (Å²) >= 11 is 0. The highest BCUT2D eigenvalue weighted by Crippen LogP contribution is 2.34. The van der Waals surface area contributed by atoms with E-state index in [9.17, 15) is 8.78 Å². The van der Waals surface area contributed by atoms with E-state index >= 15 is 0 Å². The smallest absolute Gasteiger partial charge is 0.201 e. The number of ether oxygens (including phenoxy) is 2. The Morgan fingerprint density at radius 3 is 1.92 bits per heavy atom. The van der Waals surface area contributed by atoms with Gasteiger partial charge >= 0.3 is 0 Å². The van der Waals surface area contributed by atoms with Crippen LogP contribution in [0.3, 0.4) is 0 Å². The molecule has 212 valence electrons. The Labute approximate surface area is 230 Å². The van der Waals surface area contributed by atoms with Crippen molar-refractivity contribution in [2.75, 3.05) is 13.2 Å². The Balaban J connectivity index is 1.40. The molecule has 1 aliphatic carbocycles. The molecule has 3 rings (SSSR count). The summed E-state index contributed by atoms with van der Waals surface area (Å²) in [6, 6.07) is 10.5. The van der Waals surface area contributed by atoms with Crippen molar-refractivity contribution < 1.29 is 18.3 Å². The van der Waals surface area contributed by atoms with Crippen LogP contribution in [0.2, 0.25) is 0 Å². The van der Waals surface area contributed by atoms with Gasteiger partial charge in [0.15, 0.2) is 11.6 Å². The van der Waals surface area contributed by atoms with E-state index in [0.717, 1.165) is 31.1 Å². The molecule has 0 spiro atoms. The molecule has 1 aliphatic rings. The molecule has 0 N–H and O–H groups in total. The summed E-state index contributed by atoms with van der Waals surface area (Å²) < 4.78 is 41.2. The van der Waals surface area contributed by atoms with Gasteiger partial charge in [0.05, 0.1) is 13.2 Å². The van der Waals surface area contributed by atoms with E-state index in [2.05, 4.69) is 13.8 Å². The fourth-order valence-electron chi connectivity index (χ4n) is 5.60. The summed E-state index contributed by atoms with van der Waals surface area (Å²) in [5, 5.41) is 0. The zero-order valence-electron chi connectivity index (χ0n) is 23.9. The van der Waals surface area contributed by atoms with E-state index in [4.69, 9.17) is 9.47 Å². The van der Waals surface area contributed by atoms with Gasteiger partial charge in [-0.15, -0.1) is 0 Å². The molecule has 0 radical (unpaired) electrons. The number of halogens is 2. The summed E-state index contributed by atoms with van der Waals surface area (Å²) in [4.78, 5) is 0. The SMILES string of the molecule is CCCCCCCCCCOc1ccc(-c2ccc(OCC3CCC(CCCCC)CC3)cc2)c(F)c1F. The van der Waals surface area contributed by atoms with Crippen molar-refractivity contribution in [3.8, 4) is 22.6 Å². The van der Waals surface area contributed by atoms with E-state index in [1.807, 2.05) is 12.1 Å². The molecule has 0 amide bonds. The second-order valence-electron chi connectivity index (χ2n) is 11.3. The summed E-state index contributed by atoms with van der Waals surface area (Å²) in [6.07, 6.45) is 20.0. The lowest BCUT2D eigenvalue weighted by Gasteiger charge is -2.28. The minimum Gasteiger partial charge on any atom is -0.493 e. The summed E-state index contributed by atoms with van der Waals surface area (Å²) in [5.74, 6) is 0.519. The molecule has 0 unspecified atom stereocenters. The number of hydrogen-bond donors (Lipinski definition) is 0. The van der Waals surface area contributed by atoms with Crippen LogP contribution in [0.25, 0.3) is 11.1 Å². The second-order valence-corrected chi connectivity index (χ2v) is 11.3. The average molecular weight is 529 g/mol. The summed E-state index contributed by atoms with van der Waals surface area (Å²) in [7, 11) is 0. The third-order valence-electron chi connectivity index (χ3n) is 8.14. The molecule has 0 heterocycles. The van der Waals surface area contributed by atoms with Crippen LogP contribution in [-0.2, 0) is 0 Å². The Kier molecular flexibility index (Phi) is 14.0. The molecule has 0 saturated heterocycles. The largest absolute Gasteiger partial charge is 0.493 e. The van der Waals surface area contributed by atoms with E-state index in [0.29, 0.717) is 18.1 Å². The van der Waals surface area contributed by atoms with Crippen LogP contribution in [0, 0.1) is 23.5 Å². The Bertz CT molecular complexity index is 903. The highest BCUT2D eigenvalue weighted by Gasteiger charge is 2.21. The highest BCUT2D eigenvalue weighted by atomic mass is 19.2. The highest BCUT2D eigenvalue weighted by molar-refractivity contribution is 5.66. The first kappa shape index (κ1) is 30.4. The Morgan fingerprint density at radius 2 is 1.24 bits per heavy atom. The predicted molar refractivity (Wildman–Crippen MR) is 155 cm³/mol. The zero-order valence-corrected chi connectivity index (χ0v) is 23.9. The van der Waals surface area contributed by atoms with E-state index < -0.39 is 11.6 Å². The van der Waals surface area contributed by atoms with Gasteiger partial charge in [0.2, 0.25) is 5.82 Å². The van der Waals surface area contributed by atoms with Gasteiger partial charge in [-0.25, -0.2) is 4.39 Å².